The Balaban J connectivity index is 2.11. The number of ether oxygens (including phenoxy) is 2. The van der Waals surface area contributed by atoms with Gasteiger partial charge in [-0.25, -0.2) is 14.6 Å². The number of fused-ring (bicyclic) bond motifs is 2. The lowest BCUT2D eigenvalue weighted by molar-refractivity contribution is -0.137. The van der Waals surface area contributed by atoms with Gasteiger partial charge in [-0.1, -0.05) is 18.2 Å². The number of alkyl halides is 3. The molecule has 0 unspecified atom stereocenters. The molecule has 0 amide bonds. The van der Waals surface area contributed by atoms with Crippen LogP contribution in [-0.2, 0) is 28.9 Å². The van der Waals surface area contributed by atoms with Crippen molar-refractivity contribution in [2.24, 2.45) is 0 Å². The smallest absolute Gasteiger partial charge is 0.417 e. The third-order valence-electron chi connectivity index (χ3n) is 3.94. The van der Waals surface area contributed by atoms with Crippen LogP contribution in [-0.4, -0.2) is 16.9 Å². The number of benzene rings is 1. The average Bonchev–Trinajstić information content (AvgIpc) is 3.09. The summed E-state index contributed by atoms with van der Waals surface area (Å²) >= 11 is 0. The molecule has 0 spiro atoms. The summed E-state index contributed by atoms with van der Waals surface area (Å²) in [6, 6.07) is 4.76. The van der Waals surface area contributed by atoms with E-state index in [0.717, 1.165) is 6.07 Å². The summed E-state index contributed by atoms with van der Waals surface area (Å²) in [5, 5.41) is 0. The zero-order valence-corrected chi connectivity index (χ0v) is 11.9. The standard InChI is InChI=1S/C16H8F3NO4/c17-16(18,19)8-4-2-1-3-7(8)11-12-9(5-23-14(12)21)20-10-6-24-15(22)13(10)11/h1-4H,5-6H2. The number of rotatable bonds is 1. The van der Waals surface area contributed by atoms with Gasteiger partial charge in [0, 0.05) is 5.56 Å². The van der Waals surface area contributed by atoms with Crippen LogP contribution in [0.15, 0.2) is 24.3 Å². The van der Waals surface area contributed by atoms with E-state index in [4.69, 9.17) is 9.47 Å². The molecule has 8 heteroatoms. The summed E-state index contributed by atoms with van der Waals surface area (Å²) in [6.45, 7) is -0.284. The molecule has 122 valence electrons. The maximum atomic E-state index is 13.4. The van der Waals surface area contributed by atoms with Crippen molar-refractivity contribution in [1.29, 1.82) is 0 Å². The van der Waals surface area contributed by atoms with Crippen molar-refractivity contribution < 1.29 is 32.2 Å². The Labute approximate surface area is 133 Å². The van der Waals surface area contributed by atoms with Crippen molar-refractivity contribution in [3.8, 4) is 11.1 Å². The maximum Gasteiger partial charge on any atom is 0.417 e. The van der Waals surface area contributed by atoms with E-state index >= 15 is 0 Å². The molecule has 0 bridgehead atoms. The van der Waals surface area contributed by atoms with Gasteiger partial charge in [0.1, 0.15) is 13.2 Å². The molecule has 0 saturated heterocycles. The van der Waals surface area contributed by atoms with Gasteiger partial charge < -0.3 is 9.47 Å². The fraction of sp³-hybridized carbons (Fsp3) is 0.188. The minimum Gasteiger partial charge on any atom is -0.455 e. The minimum atomic E-state index is -4.65. The number of carbonyl (C=O) groups is 2. The molecule has 0 radical (unpaired) electrons. The van der Waals surface area contributed by atoms with Gasteiger partial charge in [-0.15, -0.1) is 0 Å². The van der Waals surface area contributed by atoms with Gasteiger partial charge in [-0.3, -0.25) is 0 Å². The van der Waals surface area contributed by atoms with Crippen LogP contribution >= 0.6 is 0 Å². The van der Waals surface area contributed by atoms with Crippen molar-refractivity contribution in [2.75, 3.05) is 0 Å². The van der Waals surface area contributed by atoms with Crippen LogP contribution in [0, 0.1) is 0 Å². The lowest BCUT2D eigenvalue weighted by Gasteiger charge is -2.16. The second-order valence-corrected chi connectivity index (χ2v) is 5.33. The summed E-state index contributed by atoms with van der Waals surface area (Å²) in [6.07, 6.45) is -4.65. The Morgan fingerprint density at radius 2 is 1.42 bits per heavy atom. The molecular weight excluding hydrogens is 327 g/mol. The summed E-state index contributed by atoms with van der Waals surface area (Å²) < 4.78 is 49.9. The summed E-state index contributed by atoms with van der Waals surface area (Å²) in [7, 11) is 0. The molecule has 0 fully saturated rings. The van der Waals surface area contributed by atoms with E-state index in [1.807, 2.05) is 0 Å². The van der Waals surface area contributed by atoms with E-state index < -0.39 is 23.7 Å². The molecule has 1 aromatic heterocycles. The zero-order chi connectivity index (χ0) is 17.1. The second-order valence-electron chi connectivity index (χ2n) is 5.33. The number of hydrogen-bond donors (Lipinski definition) is 0. The van der Waals surface area contributed by atoms with E-state index in [1.54, 1.807) is 0 Å². The number of carbonyl (C=O) groups excluding carboxylic acids is 2. The molecule has 2 aromatic rings. The molecule has 0 aliphatic carbocycles. The molecule has 4 rings (SSSR count). The Kier molecular flexibility index (Phi) is 2.93. The van der Waals surface area contributed by atoms with E-state index in [0.29, 0.717) is 0 Å². The Morgan fingerprint density at radius 3 is 1.96 bits per heavy atom. The molecule has 0 atom stereocenters. The van der Waals surface area contributed by atoms with Gasteiger partial charge in [0.05, 0.1) is 28.1 Å². The Hall–Kier alpha value is -2.90. The van der Waals surface area contributed by atoms with Gasteiger partial charge in [0.25, 0.3) is 0 Å². The predicted octanol–water partition coefficient (Wildman–Crippen LogP) is 3.11. The normalized spacial score (nSPS) is 15.8. The number of hydrogen-bond acceptors (Lipinski definition) is 5. The first-order chi connectivity index (χ1) is 11.4. The summed E-state index contributed by atoms with van der Waals surface area (Å²) in [5.74, 6) is -1.60. The van der Waals surface area contributed by atoms with Crippen molar-refractivity contribution in [2.45, 2.75) is 19.4 Å². The predicted molar refractivity (Wildman–Crippen MR) is 72.9 cm³/mol. The van der Waals surface area contributed by atoms with Crippen LogP contribution < -0.4 is 0 Å². The van der Waals surface area contributed by atoms with Crippen molar-refractivity contribution in [3.63, 3.8) is 0 Å². The van der Waals surface area contributed by atoms with E-state index in [9.17, 15) is 22.8 Å². The fourth-order valence-corrected chi connectivity index (χ4v) is 2.97. The van der Waals surface area contributed by atoms with E-state index in [2.05, 4.69) is 4.98 Å². The maximum absolute atomic E-state index is 13.4. The second kappa shape index (κ2) is 4.80. The fourth-order valence-electron chi connectivity index (χ4n) is 2.97. The first-order valence-electron chi connectivity index (χ1n) is 6.94. The molecule has 24 heavy (non-hydrogen) atoms. The molecule has 0 saturated carbocycles. The summed E-state index contributed by atoms with van der Waals surface area (Å²) in [4.78, 5) is 28.2. The molecular formula is C16H8F3NO4. The number of pyridine rings is 1. The third-order valence-corrected chi connectivity index (χ3v) is 3.94. The van der Waals surface area contributed by atoms with Crippen LogP contribution in [0.5, 0.6) is 0 Å². The van der Waals surface area contributed by atoms with Gasteiger partial charge in [0.15, 0.2) is 0 Å². The topological polar surface area (TPSA) is 65.5 Å². The first-order valence-corrected chi connectivity index (χ1v) is 6.94. The highest BCUT2D eigenvalue weighted by molar-refractivity contribution is 6.09. The molecule has 1 aromatic carbocycles. The van der Waals surface area contributed by atoms with Crippen molar-refractivity contribution in [3.05, 3.63) is 52.3 Å². The number of halogens is 3. The highest BCUT2D eigenvalue weighted by Gasteiger charge is 2.40. The van der Waals surface area contributed by atoms with Gasteiger partial charge in [-0.05, 0) is 11.6 Å². The highest BCUT2D eigenvalue weighted by atomic mass is 19.4. The van der Waals surface area contributed by atoms with E-state index in [-0.39, 0.29) is 46.9 Å². The van der Waals surface area contributed by atoms with Crippen molar-refractivity contribution >= 4 is 11.9 Å². The summed E-state index contributed by atoms with van der Waals surface area (Å²) in [5.41, 5.74) is -1.12. The van der Waals surface area contributed by atoms with Gasteiger partial charge in [-0.2, -0.15) is 13.2 Å². The first kappa shape index (κ1) is 14.7. The van der Waals surface area contributed by atoms with Crippen molar-refractivity contribution in [1.82, 2.24) is 4.98 Å². The van der Waals surface area contributed by atoms with Crippen LogP contribution in [0.3, 0.4) is 0 Å². The monoisotopic (exact) mass is 335 g/mol. The van der Waals surface area contributed by atoms with Crippen LogP contribution in [0.2, 0.25) is 0 Å². The molecule has 3 heterocycles. The largest absolute Gasteiger partial charge is 0.455 e. The highest BCUT2D eigenvalue weighted by Crippen LogP contribution is 2.43. The van der Waals surface area contributed by atoms with E-state index in [1.165, 1.54) is 18.2 Å². The number of nitrogens with zero attached hydrogens (tertiary/aromatic N) is 1. The van der Waals surface area contributed by atoms with Crippen LogP contribution in [0.25, 0.3) is 11.1 Å². The van der Waals surface area contributed by atoms with Crippen LogP contribution in [0.4, 0.5) is 13.2 Å². The number of aromatic nitrogens is 1. The van der Waals surface area contributed by atoms with Crippen LogP contribution in [0.1, 0.15) is 37.7 Å². The Morgan fingerprint density at radius 1 is 0.875 bits per heavy atom. The Bertz CT molecular complexity index is 863. The molecule has 5 nitrogen and oxygen atoms in total. The number of cyclic esters (lactones) is 2. The van der Waals surface area contributed by atoms with Gasteiger partial charge in [0.2, 0.25) is 0 Å². The third kappa shape index (κ3) is 1.99. The minimum absolute atomic E-state index is 0.107. The molecule has 0 N–H and O–H groups in total. The number of esters is 2. The SMILES string of the molecule is O=C1OCc2nc3c(c(-c4ccccc4C(F)(F)F)c21)C(=O)OC3. The molecule has 2 aliphatic heterocycles. The lowest BCUT2D eigenvalue weighted by Crippen LogP contribution is -2.12. The molecule has 2 aliphatic rings. The lowest BCUT2D eigenvalue weighted by atomic mass is 9.90. The van der Waals surface area contributed by atoms with Gasteiger partial charge >= 0.3 is 18.1 Å². The zero-order valence-electron chi connectivity index (χ0n) is 11.9. The average molecular weight is 335 g/mol. The quantitative estimate of drug-likeness (QED) is 0.749.